The third-order valence-corrected chi connectivity index (χ3v) is 3.23. The number of amides is 2. The highest BCUT2D eigenvalue weighted by molar-refractivity contribution is 9.10. The van der Waals surface area contributed by atoms with Crippen LogP contribution in [-0.2, 0) is 4.79 Å². The van der Waals surface area contributed by atoms with Crippen molar-refractivity contribution in [3.05, 3.63) is 32.8 Å². The van der Waals surface area contributed by atoms with Gasteiger partial charge in [-0.05, 0) is 27.9 Å². The summed E-state index contributed by atoms with van der Waals surface area (Å²) in [6.07, 6.45) is -0.0548. The number of carbonyl (C=O) groups is 2. The lowest BCUT2D eigenvalue weighted by atomic mass is 10.1. The Morgan fingerprint density at radius 3 is 2.71 bits per heavy atom. The molecule has 2 amide bonds. The van der Waals surface area contributed by atoms with E-state index in [4.69, 9.17) is 5.11 Å². The zero-order chi connectivity index (χ0) is 16.0. The van der Waals surface area contributed by atoms with Crippen LogP contribution < -0.4 is 10.6 Å². The molecule has 0 aromatic heterocycles. The number of carbonyl (C=O) groups excluding carboxylic acids is 1. The summed E-state index contributed by atoms with van der Waals surface area (Å²) in [7, 11) is 0. The molecule has 0 fully saturated rings. The molecule has 0 aliphatic carbocycles. The van der Waals surface area contributed by atoms with Gasteiger partial charge in [-0.15, -0.1) is 0 Å². The van der Waals surface area contributed by atoms with E-state index in [1.807, 2.05) is 0 Å². The van der Waals surface area contributed by atoms with Crippen molar-refractivity contribution >= 4 is 39.3 Å². The van der Waals surface area contributed by atoms with Crippen LogP contribution in [0.3, 0.4) is 0 Å². The number of nitrogens with one attached hydrogen (secondary N) is 2. The highest BCUT2D eigenvalue weighted by Crippen LogP contribution is 2.26. The van der Waals surface area contributed by atoms with Crippen molar-refractivity contribution in [2.75, 3.05) is 11.9 Å². The first-order chi connectivity index (χ1) is 9.79. The number of nitrogens with zero attached hydrogens (tertiary/aromatic N) is 1. The molecule has 0 bridgehead atoms. The molecule has 1 aromatic carbocycles. The van der Waals surface area contributed by atoms with Gasteiger partial charge < -0.3 is 15.7 Å². The quantitative estimate of drug-likeness (QED) is 0.532. The highest BCUT2D eigenvalue weighted by Gasteiger charge is 2.13. The molecule has 21 heavy (non-hydrogen) atoms. The first kappa shape index (κ1) is 16.9. The van der Waals surface area contributed by atoms with E-state index in [9.17, 15) is 19.7 Å². The Kier molecular flexibility index (Phi) is 6.10. The molecule has 0 spiro atoms. The summed E-state index contributed by atoms with van der Waals surface area (Å²) < 4.78 is 0.502. The SMILES string of the molecule is CC(CNC(=O)Nc1cc([N+](=O)[O-])ccc1Br)CC(=O)O. The monoisotopic (exact) mass is 359 g/mol. The van der Waals surface area contributed by atoms with Crippen LogP contribution >= 0.6 is 15.9 Å². The summed E-state index contributed by atoms with van der Waals surface area (Å²) in [6, 6.07) is 3.43. The van der Waals surface area contributed by atoms with Crippen LogP contribution in [0, 0.1) is 16.0 Å². The van der Waals surface area contributed by atoms with Gasteiger partial charge in [0.1, 0.15) is 0 Å². The second-order valence-electron chi connectivity index (χ2n) is 4.46. The normalized spacial score (nSPS) is 11.5. The van der Waals surface area contributed by atoms with Crippen LogP contribution in [0.2, 0.25) is 0 Å². The second-order valence-corrected chi connectivity index (χ2v) is 5.31. The van der Waals surface area contributed by atoms with Crippen molar-refractivity contribution in [1.29, 1.82) is 0 Å². The Balaban J connectivity index is 2.60. The number of hydrogen-bond donors (Lipinski definition) is 3. The van der Waals surface area contributed by atoms with Gasteiger partial charge in [0.25, 0.3) is 5.69 Å². The number of carboxylic acids is 1. The zero-order valence-electron chi connectivity index (χ0n) is 11.1. The smallest absolute Gasteiger partial charge is 0.319 e. The Labute approximate surface area is 128 Å². The Hall–Kier alpha value is -2.16. The third-order valence-electron chi connectivity index (χ3n) is 2.54. The number of halogens is 1. The average Bonchev–Trinajstić information content (AvgIpc) is 2.38. The van der Waals surface area contributed by atoms with Crippen molar-refractivity contribution in [2.24, 2.45) is 5.92 Å². The number of benzene rings is 1. The molecule has 114 valence electrons. The van der Waals surface area contributed by atoms with Gasteiger partial charge in [0.15, 0.2) is 0 Å². The minimum absolute atomic E-state index is 0.0548. The van der Waals surface area contributed by atoms with Gasteiger partial charge >= 0.3 is 12.0 Å². The van der Waals surface area contributed by atoms with E-state index in [0.717, 1.165) is 0 Å². The Morgan fingerprint density at radius 1 is 1.48 bits per heavy atom. The Morgan fingerprint density at radius 2 is 2.14 bits per heavy atom. The first-order valence-corrected chi connectivity index (χ1v) is 6.79. The van der Waals surface area contributed by atoms with Crippen LogP contribution in [0.4, 0.5) is 16.2 Å². The first-order valence-electron chi connectivity index (χ1n) is 6.00. The maximum absolute atomic E-state index is 11.7. The lowest BCUT2D eigenvalue weighted by Crippen LogP contribution is -2.33. The fourth-order valence-electron chi connectivity index (χ4n) is 1.53. The van der Waals surface area contributed by atoms with Crippen LogP contribution in [0.15, 0.2) is 22.7 Å². The largest absolute Gasteiger partial charge is 0.481 e. The molecule has 0 radical (unpaired) electrons. The number of nitro benzene ring substituents is 1. The summed E-state index contributed by atoms with van der Waals surface area (Å²) in [6.45, 7) is 1.88. The van der Waals surface area contributed by atoms with Crippen molar-refractivity contribution in [2.45, 2.75) is 13.3 Å². The van der Waals surface area contributed by atoms with Gasteiger partial charge in [-0.2, -0.15) is 0 Å². The van der Waals surface area contributed by atoms with E-state index in [1.165, 1.54) is 18.2 Å². The number of aliphatic carboxylic acids is 1. The fourth-order valence-corrected chi connectivity index (χ4v) is 1.87. The maximum atomic E-state index is 11.7. The second kappa shape index (κ2) is 7.58. The number of nitro groups is 1. The topological polar surface area (TPSA) is 122 Å². The number of anilines is 1. The van der Waals surface area contributed by atoms with Gasteiger partial charge in [-0.3, -0.25) is 14.9 Å². The molecule has 1 aromatic rings. The minimum atomic E-state index is -0.939. The molecule has 1 unspecified atom stereocenters. The Bertz CT molecular complexity index is 564. The molecule has 3 N–H and O–H groups in total. The van der Waals surface area contributed by atoms with Crippen molar-refractivity contribution < 1.29 is 19.6 Å². The fraction of sp³-hybridized carbons (Fsp3) is 0.333. The van der Waals surface area contributed by atoms with Crippen molar-refractivity contribution in [3.63, 3.8) is 0 Å². The van der Waals surface area contributed by atoms with Crippen LogP contribution in [0.1, 0.15) is 13.3 Å². The van der Waals surface area contributed by atoms with Crippen molar-refractivity contribution in [3.8, 4) is 0 Å². The molecule has 9 heteroatoms. The standard InChI is InChI=1S/C12H14BrN3O5/c1-7(4-11(17)18)6-14-12(19)15-10-5-8(16(20)21)2-3-9(10)13/h2-3,5,7H,4,6H2,1H3,(H,17,18)(H2,14,15,19). The van der Waals surface area contributed by atoms with E-state index in [2.05, 4.69) is 26.6 Å². The molecule has 0 aliphatic rings. The summed E-state index contributed by atoms with van der Waals surface area (Å²) >= 11 is 3.18. The number of hydrogen-bond acceptors (Lipinski definition) is 4. The molecule has 0 saturated heterocycles. The summed E-state index contributed by atoms with van der Waals surface area (Å²) in [5, 5.41) is 24.3. The zero-order valence-corrected chi connectivity index (χ0v) is 12.7. The van der Waals surface area contributed by atoms with E-state index in [0.29, 0.717) is 4.47 Å². The highest BCUT2D eigenvalue weighted by atomic mass is 79.9. The van der Waals surface area contributed by atoms with E-state index in [-0.39, 0.29) is 30.3 Å². The van der Waals surface area contributed by atoms with Gasteiger partial charge in [0.05, 0.1) is 10.6 Å². The van der Waals surface area contributed by atoms with E-state index < -0.39 is 16.9 Å². The van der Waals surface area contributed by atoms with Crippen LogP contribution in [0.5, 0.6) is 0 Å². The number of urea groups is 1. The maximum Gasteiger partial charge on any atom is 0.319 e. The molecule has 8 nitrogen and oxygen atoms in total. The summed E-state index contributed by atoms with van der Waals surface area (Å²) in [5.41, 5.74) is 0.111. The van der Waals surface area contributed by atoms with Gasteiger partial charge in [-0.1, -0.05) is 6.92 Å². The molecule has 0 heterocycles. The molecule has 1 atom stereocenters. The van der Waals surface area contributed by atoms with Crippen LogP contribution in [0.25, 0.3) is 0 Å². The summed E-state index contributed by atoms with van der Waals surface area (Å²) in [5.74, 6) is -1.16. The number of carboxylic acid groups (broad SMARTS) is 1. The lowest BCUT2D eigenvalue weighted by molar-refractivity contribution is -0.384. The van der Waals surface area contributed by atoms with Gasteiger partial charge in [-0.25, -0.2) is 4.79 Å². The minimum Gasteiger partial charge on any atom is -0.481 e. The third kappa shape index (κ3) is 5.78. The molecule has 1 rings (SSSR count). The predicted octanol–water partition coefficient (Wildman–Crippen LogP) is 2.59. The van der Waals surface area contributed by atoms with Crippen LogP contribution in [-0.4, -0.2) is 28.6 Å². The van der Waals surface area contributed by atoms with E-state index in [1.54, 1.807) is 6.92 Å². The lowest BCUT2D eigenvalue weighted by Gasteiger charge is -2.12. The van der Waals surface area contributed by atoms with E-state index >= 15 is 0 Å². The molecular formula is C12H14BrN3O5. The average molecular weight is 360 g/mol. The number of rotatable bonds is 6. The number of non-ortho nitro benzene ring substituents is 1. The predicted molar refractivity (Wildman–Crippen MR) is 79.2 cm³/mol. The van der Waals surface area contributed by atoms with Crippen molar-refractivity contribution in [1.82, 2.24) is 5.32 Å². The summed E-state index contributed by atoms with van der Waals surface area (Å²) in [4.78, 5) is 32.3. The molecular weight excluding hydrogens is 346 g/mol. The van der Waals surface area contributed by atoms with Gasteiger partial charge in [0, 0.05) is 29.6 Å². The molecule has 0 saturated carbocycles. The van der Waals surface area contributed by atoms with Gasteiger partial charge in [0.2, 0.25) is 0 Å². The molecule has 0 aliphatic heterocycles.